The predicted octanol–water partition coefficient (Wildman–Crippen LogP) is 3.50. The van der Waals surface area contributed by atoms with E-state index in [9.17, 15) is 8.42 Å². The molecule has 1 aliphatic heterocycles. The zero-order valence-electron chi connectivity index (χ0n) is 15.8. The van der Waals surface area contributed by atoms with E-state index in [4.69, 9.17) is 4.98 Å². The van der Waals surface area contributed by atoms with Gasteiger partial charge in [0.15, 0.2) is 0 Å². The molecule has 1 atom stereocenters. The lowest BCUT2D eigenvalue weighted by Gasteiger charge is -2.19. The second kappa shape index (κ2) is 6.73. The number of rotatable bonds is 4. The molecule has 0 unspecified atom stereocenters. The lowest BCUT2D eigenvalue weighted by Crippen LogP contribution is -2.29. The second-order valence-electron chi connectivity index (χ2n) is 7.46. The van der Waals surface area contributed by atoms with E-state index in [1.54, 1.807) is 22.6 Å². The van der Waals surface area contributed by atoms with E-state index in [2.05, 4.69) is 23.4 Å². The van der Waals surface area contributed by atoms with Gasteiger partial charge in [-0.15, -0.1) is 0 Å². The highest BCUT2D eigenvalue weighted by Gasteiger charge is 2.35. The standard InChI is InChI=1S/C20H24N4O2S/c1-14(2)24-19-12-21-10-8-18(19)22-20(24)16-9-11-23(13-16)27(25,26)17-6-4-15(3)5-7-17/h4-8,10,12,14,16H,9,11,13H2,1-3H3/t16-/m0/s1. The summed E-state index contributed by atoms with van der Waals surface area (Å²) in [6, 6.07) is 9.20. The van der Waals surface area contributed by atoms with Crippen molar-refractivity contribution >= 4 is 21.1 Å². The van der Waals surface area contributed by atoms with E-state index >= 15 is 0 Å². The van der Waals surface area contributed by atoms with E-state index in [0.29, 0.717) is 18.0 Å². The number of pyridine rings is 1. The Labute approximate surface area is 159 Å². The summed E-state index contributed by atoms with van der Waals surface area (Å²) in [4.78, 5) is 9.40. The quantitative estimate of drug-likeness (QED) is 0.690. The van der Waals surface area contributed by atoms with Crippen LogP contribution in [0.15, 0.2) is 47.6 Å². The van der Waals surface area contributed by atoms with E-state index in [-0.39, 0.29) is 12.0 Å². The van der Waals surface area contributed by atoms with Gasteiger partial charge >= 0.3 is 0 Å². The Morgan fingerprint density at radius 1 is 1.15 bits per heavy atom. The molecule has 7 heteroatoms. The van der Waals surface area contributed by atoms with Gasteiger partial charge in [-0.3, -0.25) is 4.98 Å². The maximum Gasteiger partial charge on any atom is 0.243 e. The van der Waals surface area contributed by atoms with Gasteiger partial charge in [0, 0.05) is 31.2 Å². The maximum absolute atomic E-state index is 13.0. The summed E-state index contributed by atoms with van der Waals surface area (Å²) < 4.78 is 29.8. The number of aromatic nitrogens is 3. The molecule has 0 N–H and O–H groups in total. The number of nitrogens with zero attached hydrogens (tertiary/aromatic N) is 4. The van der Waals surface area contributed by atoms with Crippen LogP contribution in [0.25, 0.3) is 11.0 Å². The van der Waals surface area contributed by atoms with Crippen LogP contribution < -0.4 is 0 Å². The minimum Gasteiger partial charge on any atom is -0.324 e. The fraction of sp³-hybridized carbons (Fsp3) is 0.400. The number of imidazole rings is 1. The molecule has 1 fully saturated rings. The number of benzene rings is 1. The van der Waals surface area contributed by atoms with Gasteiger partial charge in [-0.1, -0.05) is 17.7 Å². The highest BCUT2D eigenvalue weighted by molar-refractivity contribution is 7.89. The summed E-state index contributed by atoms with van der Waals surface area (Å²) >= 11 is 0. The third-order valence-electron chi connectivity index (χ3n) is 5.21. The monoisotopic (exact) mass is 384 g/mol. The number of fused-ring (bicyclic) bond motifs is 1. The average Bonchev–Trinajstić information content (AvgIpc) is 3.27. The summed E-state index contributed by atoms with van der Waals surface area (Å²) in [7, 11) is -3.48. The zero-order chi connectivity index (χ0) is 19.2. The van der Waals surface area contributed by atoms with Crippen LogP contribution in [0, 0.1) is 6.92 Å². The van der Waals surface area contributed by atoms with Crippen molar-refractivity contribution in [2.45, 2.75) is 44.0 Å². The van der Waals surface area contributed by atoms with Gasteiger partial charge in [0.2, 0.25) is 10.0 Å². The SMILES string of the molecule is Cc1ccc(S(=O)(=O)N2CC[C@H](c3nc4ccncc4n3C(C)C)C2)cc1. The van der Waals surface area contributed by atoms with Crippen LogP contribution in [-0.2, 0) is 10.0 Å². The number of sulfonamides is 1. The maximum atomic E-state index is 13.0. The zero-order valence-corrected chi connectivity index (χ0v) is 16.6. The summed E-state index contributed by atoms with van der Waals surface area (Å²) in [6.07, 6.45) is 4.35. The van der Waals surface area contributed by atoms with E-state index < -0.39 is 10.0 Å². The molecule has 3 heterocycles. The number of hydrogen-bond acceptors (Lipinski definition) is 4. The van der Waals surface area contributed by atoms with Crippen LogP contribution in [0.3, 0.4) is 0 Å². The molecule has 1 aromatic carbocycles. The Morgan fingerprint density at radius 2 is 1.89 bits per heavy atom. The van der Waals surface area contributed by atoms with Gasteiger partial charge in [-0.2, -0.15) is 4.31 Å². The van der Waals surface area contributed by atoms with Gasteiger partial charge in [0.05, 0.1) is 22.1 Å². The first-order valence-corrected chi connectivity index (χ1v) is 10.7. The lowest BCUT2D eigenvalue weighted by atomic mass is 10.1. The molecule has 27 heavy (non-hydrogen) atoms. The molecule has 0 amide bonds. The topological polar surface area (TPSA) is 68.1 Å². The lowest BCUT2D eigenvalue weighted by molar-refractivity contribution is 0.466. The molecule has 0 saturated carbocycles. The number of aryl methyl sites for hydroxylation is 1. The van der Waals surface area contributed by atoms with Crippen LogP contribution >= 0.6 is 0 Å². The van der Waals surface area contributed by atoms with Crippen molar-refractivity contribution in [3.8, 4) is 0 Å². The summed E-state index contributed by atoms with van der Waals surface area (Å²) in [6.45, 7) is 7.16. The Bertz CT molecular complexity index is 1070. The van der Waals surface area contributed by atoms with Crippen molar-refractivity contribution in [1.82, 2.24) is 18.8 Å². The molecule has 1 aliphatic rings. The molecule has 0 spiro atoms. The van der Waals surface area contributed by atoms with E-state index in [1.165, 1.54) is 0 Å². The van der Waals surface area contributed by atoms with Crippen molar-refractivity contribution in [2.24, 2.45) is 0 Å². The first kappa shape index (κ1) is 18.1. The molecule has 142 valence electrons. The largest absolute Gasteiger partial charge is 0.324 e. The molecule has 0 radical (unpaired) electrons. The smallest absolute Gasteiger partial charge is 0.243 e. The van der Waals surface area contributed by atoms with Crippen molar-refractivity contribution in [2.75, 3.05) is 13.1 Å². The Kier molecular flexibility index (Phi) is 4.52. The fourth-order valence-electron chi connectivity index (χ4n) is 3.81. The van der Waals surface area contributed by atoms with Gasteiger partial charge in [0.1, 0.15) is 5.82 Å². The van der Waals surface area contributed by atoms with Crippen LogP contribution in [0.4, 0.5) is 0 Å². The molecule has 3 aromatic rings. The molecular weight excluding hydrogens is 360 g/mol. The van der Waals surface area contributed by atoms with Crippen LogP contribution in [-0.4, -0.2) is 40.3 Å². The summed E-state index contributed by atoms with van der Waals surface area (Å²) in [5.74, 6) is 1.04. The molecule has 0 aliphatic carbocycles. The van der Waals surface area contributed by atoms with Gasteiger partial charge in [-0.25, -0.2) is 13.4 Å². The predicted molar refractivity (Wildman–Crippen MR) is 105 cm³/mol. The minimum absolute atomic E-state index is 0.0834. The van der Waals surface area contributed by atoms with Gasteiger partial charge < -0.3 is 4.57 Å². The highest BCUT2D eigenvalue weighted by atomic mass is 32.2. The fourth-order valence-corrected chi connectivity index (χ4v) is 5.31. The normalized spacial score (nSPS) is 18.6. The summed E-state index contributed by atoms with van der Waals surface area (Å²) in [5.41, 5.74) is 2.96. The summed E-state index contributed by atoms with van der Waals surface area (Å²) in [5, 5.41) is 0. The molecule has 0 bridgehead atoms. The molecule has 4 rings (SSSR count). The average molecular weight is 385 g/mol. The van der Waals surface area contributed by atoms with Crippen LogP contribution in [0.2, 0.25) is 0 Å². The van der Waals surface area contributed by atoms with Crippen LogP contribution in [0.5, 0.6) is 0 Å². The van der Waals surface area contributed by atoms with E-state index in [0.717, 1.165) is 28.8 Å². The van der Waals surface area contributed by atoms with E-state index in [1.807, 2.05) is 31.3 Å². The molecule has 1 saturated heterocycles. The molecule has 2 aromatic heterocycles. The third kappa shape index (κ3) is 3.15. The minimum atomic E-state index is -3.48. The molecular formula is C20H24N4O2S. The number of hydrogen-bond donors (Lipinski definition) is 0. The molecule has 6 nitrogen and oxygen atoms in total. The highest BCUT2D eigenvalue weighted by Crippen LogP contribution is 2.34. The Hall–Kier alpha value is -2.25. The third-order valence-corrected chi connectivity index (χ3v) is 7.09. The Balaban J connectivity index is 1.66. The van der Waals surface area contributed by atoms with Gasteiger partial charge in [0.25, 0.3) is 0 Å². The second-order valence-corrected chi connectivity index (χ2v) is 9.40. The van der Waals surface area contributed by atoms with Crippen molar-refractivity contribution in [3.05, 3.63) is 54.1 Å². The van der Waals surface area contributed by atoms with Crippen molar-refractivity contribution in [1.29, 1.82) is 0 Å². The Morgan fingerprint density at radius 3 is 2.59 bits per heavy atom. The van der Waals surface area contributed by atoms with Crippen LogP contribution in [0.1, 0.15) is 43.6 Å². The first-order chi connectivity index (χ1) is 12.9. The first-order valence-electron chi connectivity index (χ1n) is 9.26. The van der Waals surface area contributed by atoms with Crippen molar-refractivity contribution in [3.63, 3.8) is 0 Å². The van der Waals surface area contributed by atoms with Crippen molar-refractivity contribution < 1.29 is 8.42 Å². The van der Waals surface area contributed by atoms with Gasteiger partial charge in [-0.05, 0) is 45.4 Å².